The molecule has 0 nitrogen and oxygen atoms in total. The van der Waals surface area contributed by atoms with Crippen LogP contribution in [0.3, 0.4) is 0 Å². The van der Waals surface area contributed by atoms with Crippen molar-refractivity contribution in [1.29, 1.82) is 0 Å². The van der Waals surface area contributed by atoms with Crippen molar-refractivity contribution in [2.75, 3.05) is 0 Å². The van der Waals surface area contributed by atoms with Crippen molar-refractivity contribution < 1.29 is 0 Å². The van der Waals surface area contributed by atoms with Gasteiger partial charge in [0.05, 0.1) is 0 Å². The quantitative estimate of drug-likeness (QED) is 0.669. The number of fused-ring (bicyclic) bond motifs is 1. The molecule has 0 aliphatic heterocycles. The van der Waals surface area contributed by atoms with Crippen molar-refractivity contribution in [3.8, 4) is 0 Å². The van der Waals surface area contributed by atoms with Gasteiger partial charge in [0, 0.05) is 0 Å². The summed E-state index contributed by atoms with van der Waals surface area (Å²) in [4.78, 5) is 0. The maximum Gasteiger partial charge on any atom is -0.0126 e. The zero-order chi connectivity index (χ0) is 12.5. The molecule has 2 aromatic carbocycles. The van der Waals surface area contributed by atoms with Crippen LogP contribution in [0.15, 0.2) is 36.4 Å². The summed E-state index contributed by atoms with van der Waals surface area (Å²) >= 11 is 0. The van der Waals surface area contributed by atoms with Crippen LogP contribution in [-0.2, 0) is 11.8 Å². The molecule has 0 unspecified atom stereocenters. The molecule has 2 rings (SSSR count). The standard InChI is InChI=1S/C17H22/c1-5-8-13-11-12-16(17(2,3)4)15-10-7-6-9-14(13)15/h6-7,9-12H,5,8H2,1-4H3. The number of rotatable bonds is 2. The Morgan fingerprint density at radius 1 is 0.882 bits per heavy atom. The first-order valence-electron chi connectivity index (χ1n) is 6.55. The van der Waals surface area contributed by atoms with Gasteiger partial charge < -0.3 is 0 Å². The summed E-state index contributed by atoms with van der Waals surface area (Å²) in [6.45, 7) is 9.10. The van der Waals surface area contributed by atoms with Gasteiger partial charge in [0.1, 0.15) is 0 Å². The third-order valence-electron chi connectivity index (χ3n) is 3.34. The van der Waals surface area contributed by atoms with E-state index in [2.05, 4.69) is 64.1 Å². The second-order valence-corrected chi connectivity index (χ2v) is 5.82. The van der Waals surface area contributed by atoms with E-state index in [1.165, 1.54) is 34.7 Å². The summed E-state index contributed by atoms with van der Waals surface area (Å²) in [7, 11) is 0. The molecule has 0 aliphatic rings. The van der Waals surface area contributed by atoms with Crippen LogP contribution in [0.5, 0.6) is 0 Å². The Labute approximate surface area is 105 Å². The third-order valence-corrected chi connectivity index (χ3v) is 3.34. The van der Waals surface area contributed by atoms with Gasteiger partial charge in [-0.15, -0.1) is 0 Å². The van der Waals surface area contributed by atoms with E-state index < -0.39 is 0 Å². The number of benzene rings is 2. The monoisotopic (exact) mass is 226 g/mol. The Balaban J connectivity index is 2.71. The lowest BCUT2D eigenvalue weighted by Gasteiger charge is -2.22. The third kappa shape index (κ3) is 2.36. The van der Waals surface area contributed by atoms with Crippen molar-refractivity contribution in [3.63, 3.8) is 0 Å². The first-order valence-corrected chi connectivity index (χ1v) is 6.55. The molecule has 0 atom stereocenters. The molecule has 17 heavy (non-hydrogen) atoms. The molecule has 0 spiro atoms. The fourth-order valence-corrected chi connectivity index (χ4v) is 2.50. The summed E-state index contributed by atoms with van der Waals surface area (Å²) in [6.07, 6.45) is 2.38. The molecule has 0 bridgehead atoms. The van der Waals surface area contributed by atoms with E-state index in [4.69, 9.17) is 0 Å². The predicted octanol–water partition coefficient (Wildman–Crippen LogP) is 5.09. The maximum absolute atomic E-state index is 2.31. The first-order chi connectivity index (χ1) is 8.04. The molecule has 0 aromatic heterocycles. The molecular weight excluding hydrogens is 204 g/mol. The second kappa shape index (κ2) is 4.52. The van der Waals surface area contributed by atoms with Gasteiger partial charge in [0.15, 0.2) is 0 Å². The second-order valence-electron chi connectivity index (χ2n) is 5.82. The molecule has 0 heterocycles. The summed E-state index contributed by atoms with van der Waals surface area (Å²) in [5.74, 6) is 0. The predicted molar refractivity (Wildman–Crippen MR) is 76.6 cm³/mol. The zero-order valence-electron chi connectivity index (χ0n) is 11.4. The van der Waals surface area contributed by atoms with E-state index >= 15 is 0 Å². The molecule has 0 heteroatoms. The van der Waals surface area contributed by atoms with Crippen LogP contribution < -0.4 is 0 Å². The van der Waals surface area contributed by atoms with Crippen LogP contribution in [0.2, 0.25) is 0 Å². The smallest absolute Gasteiger partial charge is 0.0126 e. The summed E-state index contributed by atoms with van der Waals surface area (Å²) in [5.41, 5.74) is 3.15. The molecule has 90 valence electrons. The lowest BCUT2D eigenvalue weighted by molar-refractivity contribution is 0.595. The van der Waals surface area contributed by atoms with E-state index in [1.807, 2.05) is 0 Å². The van der Waals surface area contributed by atoms with Gasteiger partial charge in [-0.05, 0) is 33.7 Å². The van der Waals surface area contributed by atoms with E-state index in [1.54, 1.807) is 0 Å². The van der Waals surface area contributed by atoms with Crippen LogP contribution in [0.4, 0.5) is 0 Å². The number of aryl methyl sites for hydroxylation is 1. The first kappa shape index (κ1) is 12.2. The summed E-state index contributed by atoms with van der Waals surface area (Å²) < 4.78 is 0. The van der Waals surface area contributed by atoms with Crippen LogP contribution in [0, 0.1) is 0 Å². The molecule has 0 N–H and O–H groups in total. The highest BCUT2D eigenvalue weighted by atomic mass is 14.2. The molecule has 0 saturated heterocycles. The molecule has 2 aromatic rings. The van der Waals surface area contributed by atoms with Gasteiger partial charge in [-0.25, -0.2) is 0 Å². The number of hydrogen-bond donors (Lipinski definition) is 0. The largest absolute Gasteiger partial charge is 0.0651 e. The van der Waals surface area contributed by atoms with Gasteiger partial charge in [-0.3, -0.25) is 0 Å². The highest BCUT2D eigenvalue weighted by Gasteiger charge is 2.17. The van der Waals surface area contributed by atoms with Crippen molar-refractivity contribution in [1.82, 2.24) is 0 Å². The van der Waals surface area contributed by atoms with Gasteiger partial charge in [-0.1, -0.05) is 70.5 Å². The lowest BCUT2D eigenvalue weighted by atomic mass is 9.82. The van der Waals surface area contributed by atoms with Crippen molar-refractivity contribution in [3.05, 3.63) is 47.5 Å². The van der Waals surface area contributed by atoms with E-state index in [-0.39, 0.29) is 5.41 Å². The molecule has 0 amide bonds. The minimum atomic E-state index is 0.213. The normalized spacial score (nSPS) is 12.0. The van der Waals surface area contributed by atoms with Gasteiger partial charge >= 0.3 is 0 Å². The average Bonchev–Trinajstić information content (AvgIpc) is 2.28. The van der Waals surface area contributed by atoms with E-state index in [9.17, 15) is 0 Å². The zero-order valence-corrected chi connectivity index (χ0v) is 11.4. The van der Waals surface area contributed by atoms with Crippen molar-refractivity contribution in [2.45, 2.75) is 46.0 Å². The maximum atomic E-state index is 2.31. The highest BCUT2D eigenvalue weighted by Crippen LogP contribution is 2.32. The van der Waals surface area contributed by atoms with Crippen LogP contribution in [-0.4, -0.2) is 0 Å². The topological polar surface area (TPSA) is 0 Å². The van der Waals surface area contributed by atoms with Crippen LogP contribution >= 0.6 is 0 Å². The Morgan fingerprint density at radius 3 is 2.12 bits per heavy atom. The molecule has 0 radical (unpaired) electrons. The average molecular weight is 226 g/mol. The minimum Gasteiger partial charge on any atom is -0.0651 e. The van der Waals surface area contributed by atoms with E-state index in [0.29, 0.717) is 0 Å². The van der Waals surface area contributed by atoms with Gasteiger partial charge in [0.25, 0.3) is 0 Å². The Hall–Kier alpha value is -1.30. The lowest BCUT2D eigenvalue weighted by Crippen LogP contribution is -2.12. The highest BCUT2D eigenvalue weighted by molar-refractivity contribution is 5.89. The minimum absolute atomic E-state index is 0.213. The van der Waals surface area contributed by atoms with Gasteiger partial charge in [0.2, 0.25) is 0 Å². The fourth-order valence-electron chi connectivity index (χ4n) is 2.50. The SMILES string of the molecule is CCCc1ccc(C(C)(C)C)c2ccccc12. The van der Waals surface area contributed by atoms with Crippen molar-refractivity contribution >= 4 is 10.8 Å². The summed E-state index contributed by atoms with van der Waals surface area (Å²) in [6, 6.07) is 13.4. The molecular formula is C17H22. The van der Waals surface area contributed by atoms with E-state index in [0.717, 1.165) is 0 Å². The summed E-state index contributed by atoms with van der Waals surface area (Å²) in [5, 5.41) is 2.85. The fraction of sp³-hybridized carbons (Fsp3) is 0.412. The molecule has 0 fully saturated rings. The van der Waals surface area contributed by atoms with Gasteiger partial charge in [-0.2, -0.15) is 0 Å². The molecule has 0 aliphatic carbocycles. The Kier molecular flexibility index (Phi) is 3.24. The molecule has 0 saturated carbocycles. The number of hydrogen-bond acceptors (Lipinski definition) is 0. The van der Waals surface area contributed by atoms with Crippen LogP contribution in [0.25, 0.3) is 10.8 Å². The Morgan fingerprint density at radius 2 is 1.53 bits per heavy atom. The Bertz CT molecular complexity index is 515. The van der Waals surface area contributed by atoms with Crippen molar-refractivity contribution in [2.24, 2.45) is 0 Å². The van der Waals surface area contributed by atoms with Crippen LogP contribution in [0.1, 0.15) is 45.2 Å².